The van der Waals surface area contributed by atoms with Crippen molar-refractivity contribution in [1.29, 1.82) is 0 Å². The molecule has 3 rings (SSSR count). The lowest BCUT2D eigenvalue weighted by Gasteiger charge is -2.30. The average Bonchev–Trinajstić information content (AvgIpc) is 2.87. The lowest BCUT2D eigenvalue weighted by atomic mass is 9.84. The summed E-state index contributed by atoms with van der Waals surface area (Å²) in [7, 11) is 0. The monoisotopic (exact) mass is 239 g/mol. The maximum atomic E-state index is 6.56. The van der Waals surface area contributed by atoms with Crippen LogP contribution in [0.3, 0.4) is 0 Å². The molecular weight excluding hydrogens is 214 g/mol. The van der Waals surface area contributed by atoms with E-state index in [1.165, 1.54) is 38.5 Å². The van der Waals surface area contributed by atoms with E-state index in [-0.39, 0.29) is 5.54 Å². The fourth-order valence-electron chi connectivity index (χ4n) is 3.49. The van der Waals surface area contributed by atoms with Gasteiger partial charge in [-0.2, -0.15) is 0 Å². The molecular formula is C14H25NO2. The summed E-state index contributed by atoms with van der Waals surface area (Å²) in [6.07, 6.45) is 10.6. The van der Waals surface area contributed by atoms with Crippen LogP contribution in [0.15, 0.2) is 0 Å². The molecule has 98 valence electrons. The van der Waals surface area contributed by atoms with Crippen molar-refractivity contribution in [3.05, 3.63) is 0 Å². The summed E-state index contributed by atoms with van der Waals surface area (Å²) in [5.74, 6) is 0.769. The van der Waals surface area contributed by atoms with E-state index < -0.39 is 0 Å². The quantitative estimate of drug-likeness (QED) is 0.800. The van der Waals surface area contributed by atoms with E-state index in [0.29, 0.717) is 12.2 Å². The van der Waals surface area contributed by atoms with Gasteiger partial charge in [-0.3, -0.25) is 0 Å². The first-order chi connectivity index (χ1) is 8.28. The molecule has 0 bridgehead atoms. The van der Waals surface area contributed by atoms with E-state index in [0.717, 1.165) is 32.0 Å². The van der Waals surface area contributed by atoms with Crippen LogP contribution in [0.2, 0.25) is 0 Å². The second kappa shape index (κ2) is 4.87. The summed E-state index contributed by atoms with van der Waals surface area (Å²) in [5, 5.41) is 0. The van der Waals surface area contributed by atoms with Crippen molar-refractivity contribution in [1.82, 2.24) is 0 Å². The molecule has 3 aliphatic rings. The Hall–Kier alpha value is -0.120. The fraction of sp³-hybridized carbons (Fsp3) is 1.00. The van der Waals surface area contributed by atoms with Gasteiger partial charge in [0.2, 0.25) is 0 Å². The van der Waals surface area contributed by atoms with Crippen LogP contribution in [-0.4, -0.2) is 31.0 Å². The lowest BCUT2D eigenvalue weighted by molar-refractivity contribution is 0.0561. The van der Waals surface area contributed by atoms with Crippen LogP contribution in [0.4, 0.5) is 0 Å². The normalized spacial score (nSPS) is 42.2. The van der Waals surface area contributed by atoms with Gasteiger partial charge in [-0.1, -0.05) is 0 Å². The van der Waals surface area contributed by atoms with Crippen molar-refractivity contribution in [2.75, 3.05) is 13.2 Å². The van der Waals surface area contributed by atoms with Gasteiger partial charge in [0, 0.05) is 18.8 Å². The SMILES string of the molecule is NC1(CCCC2CCCO2)CCOC1C1CC1. The van der Waals surface area contributed by atoms with Crippen LogP contribution in [0.1, 0.15) is 51.4 Å². The molecule has 0 spiro atoms. The van der Waals surface area contributed by atoms with E-state index in [9.17, 15) is 0 Å². The summed E-state index contributed by atoms with van der Waals surface area (Å²) in [6.45, 7) is 1.84. The van der Waals surface area contributed by atoms with Gasteiger partial charge in [-0.05, 0) is 57.3 Å². The highest BCUT2D eigenvalue weighted by molar-refractivity contribution is 5.03. The standard InChI is InChI=1S/C14H25NO2/c15-14(7-1-3-12-4-2-9-16-12)8-10-17-13(14)11-5-6-11/h11-13H,1-10,15H2. The lowest BCUT2D eigenvalue weighted by Crippen LogP contribution is -2.48. The summed E-state index contributed by atoms with van der Waals surface area (Å²) >= 11 is 0. The maximum absolute atomic E-state index is 6.56. The zero-order valence-corrected chi connectivity index (χ0v) is 10.7. The molecule has 2 heterocycles. The van der Waals surface area contributed by atoms with Crippen LogP contribution in [0, 0.1) is 5.92 Å². The van der Waals surface area contributed by atoms with Crippen LogP contribution < -0.4 is 5.73 Å². The molecule has 0 aromatic heterocycles. The smallest absolute Gasteiger partial charge is 0.0783 e. The Labute approximate surface area is 104 Å². The Bertz CT molecular complexity index is 261. The summed E-state index contributed by atoms with van der Waals surface area (Å²) in [5.41, 5.74) is 6.54. The Morgan fingerprint density at radius 1 is 1.12 bits per heavy atom. The van der Waals surface area contributed by atoms with Crippen molar-refractivity contribution in [3.63, 3.8) is 0 Å². The topological polar surface area (TPSA) is 44.5 Å². The average molecular weight is 239 g/mol. The first-order valence-corrected chi connectivity index (χ1v) is 7.30. The Balaban J connectivity index is 1.45. The largest absolute Gasteiger partial charge is 0.378 e. The van der Waals surface area contributed by atoms with Gasteiger partial charge in [-0.15, -0.1) is 0 Å². The molecule has 3 atom stereocenters. The van der Waals surface area contributed by atoms with E-state index in [4.69, 9.17) is 15.2 Å². The highest BCUT2D eigenvalue weighted by atomic mass is 16.5. The van der Waals surface area contributed by atoms with Crippen molar-refractivity contribution in [2.45, 2.75) is 69.1 Å². The minimum atomic E-state index is -0.0280. The second-order valence-electron chi connectivity index (χ2n) is 6.14. The van der Waals surface area contributed by atoms with Crippen LogP contribution in [-0.2, 0) is 9.47 Å². The third-order valence-corrected chi connectivity index (χ3v) is 4.67. The summed E-state index contributed by atoms with van der Waals surface area (Å²) < 4.78 is 11.5. The van der Waals surface area contributed by atoms with Crippen molar-refractivity contribution in [3.8, 4) is 0 Å². The molecule has 2 saturated heterocycles. The third kappa shape index (κ3) is 2.67. The zero-order chi connectivity index (χ0) is 11.7. The highest BCUT2D eigenvalue weighted by Crippen LogP contribution is 2.44. The number of rotatable bonds is 5. The first kappa shape index (κ1) is 11.9. The Morgan fingerprint density at radius 2 is 2.00 bits per heavy atom. The van der Waals surface area contributed by atoms with E-state index in [1.807, 2.05) is 0 Å². The second-order valence-corrected chi connectivity index (χ2v) is 6.14. The molecule has 17 heavy (non-hydrogen) atoms. The molecule has 3 unspecified atom stereocenters. The molecule has 3 heteroatoms. The van der Waals surface area contributed by atoms with Crippen LogP contribution >= 0.6 is 0 Å². The summed E-state index contributed by atoms with van der Waals surface area (Å²) in [6, 6.07) is 0. The van der Waals surface area contributed by atoms with Gasteiger partial charge in [0.1, 0.15) is 0 Å². The van der Waals surface area contributed by atoms with E-state index in [1.54, 1.807) is 0 Å². The predicted octanol–water partition coefficient (Wildman–Crippen LogP) is 2.23. The minimum Gasteiger partial charge on any atom is -0.378 e. The Morgan fingerprint density at radius 3 is 2.71 bits per heavy atom. The van der Waals surface area contributed by atoms with Crippen molar-refractivity contribution in [2.24, 2.45) is 11.7 Å². The van der Waals surface area contributed by atoms with E-state index in [2.05, 4.69) is 0 Å². The van der Waals surface area contributed by atoms with Crippen molar-refractivity contribution >= 4 is 0 Å². The molecule has 0 aromatic rings. The summed E-state index contributed by atoms with van der Waals surface area (Å²) in [4.78, 5) is 0. The molecule has 2 N–H and O–H groups in total. The van der Waals surface area contributed by atoms with Gasteiger partial charge in [0.25, 0.3) is 0 Å². The number of hydrogen-bond donors (Lipinski definition) is 1. The number of nitrogens with two attached hydrogens (primary N) is 1. The molecule has 1 aliphatic carbocycles. The molecule has 0 amide bonds. The maximum Gasteiger partial charge on any atom is 0.0783 e. The van der Waals surface area contributed by atoms with Gasteiger partial charge in [0.05, 0.1) is 12.2 Å². The zero-order valence-electron chi connectivity index (χ0n) is 10.7. The van der Waals surface area contributed by atoms with Gasteiger partial charge in [-0.25, -0.2) is 0 Å². The highest BCUT2D eigenvalue weighted by Gasteiger charge is 2.48. The molecule has 2 aliphatic heterocycles. The minimum absolute atomic E-state index is 0.0280. The van der Waals surface area contributed by atoms with Gasteiger partial charge >= 0.3 is 0 Å². The number of hydrogen-bond acceptors (Lipinski definition) is 3. The van der Waals surface area contributed by atoms with E-state index >= 15 is 0 Å². The molecule has 1 saturated carbocycles. The first-order valence-electron chi connectivity index (χ1n) is 7.30. The number of ether oxygens (including phenoxy) is 2. The van der Waals surface area contributed by atoms with Crippen LogP contribution in [0.25, 0.3) is 0 Å². The third-order valence-electron chi connectivity index (χ3n) is 4.67. The molecule has 0 aromatic carbocycles. The van der Waals surface area contributed by atoms with Gasteiger partial charge in [0.15, 0.2) is 0 Å². The molecule has 3 fully saturated rings. The fourth-order valence-corrected chi connectivity index (χ4v) is 3.49. The van der Waals surface area contributed by atoms with Crippen molar-refractivity contribution < 1.29 is 9.47 Å². The molecule has 3 nitrogen and oxygen atoms in total. The van der Waals surface area contributed by atoms with Crippen LogP contribution in [0.5, 0.6) is 0 Å². The predicted molar refractivity (Wildman–Crippen MR) is 66.8 cm³/mol. The molecule has 0 radical (unpaired) electrons. The van der Waals surface area contributed by atoms with Gasteiger partial charge < -0.3 is 15.2 Å². The Kier molecular flexibility index (Phi) is 3.42.